The number of ether oxygens (including phenoxy) is 1. The van der Waals surface area contributed by atoms with Crippen molar-refractivity contribution in [1.29, 1.82) is 0 Å². The van der Waals surface area contributed by atoms with Gasteiger partial charge in [-0.25, -0.2) is 0 Å². The lowest BCUT2D eigenvalue weighted by molar-refractivity contribution is 0.00508. The van der Waals surface area contributed by atoms with Gasteiger partial charge in [0.05, 0.1) is 0 Å². The van der Waals surface area contributed by atoms with Crippen molar-refractivity contribution in [3.63, 3.8) is 0 Å². The van der Waals surface area contributed by atoms with Crippen LogP contribution >= 0.6 is 0 Å². The minimum Gasteiger partial charge on any atom is -0.381 e. The maximum Gasteiger partial charge on any atom is 0.0480 e. The van der Waals surface area contributed by atoms with Crippen LogP contribution in [0.2, 0.25) is 0 Å². The number of likely N-dealkylation sites (tertiary alicyclic amines) is 1. The lowest BCUT2D eigenvalue weighted by Crippen LogP contribution is -2.51. The van der Waals surface area contributed by atoms with Crippen molar-refractivity contribution in [3.8, 4) is 0 Å². The fourth-order valence-electron chi connectivity index (χ4n) is 3.05. The molecule has 0 bridgehead atoms. The van der Waals surface area contributed by atoms with E-state index in [-0.39, 0.29) is 0 Å². The van der Waals surface area contributed by atoms with Crippen LogP contribution in [-0.4, -0.2) is 49.8 Å². The summed E-state index contributed by atoms with van der Waals surface area (Å²) < 4.78 is 5.46. The molecule has 1 unspecified atom stereocenters. The molecule has 2 fully saturated rings. The molecule has 3 heteroatoms. The number of likely N-dealkylation sites (N-methyl/N-ethyl adjacent to an activating group) is 1. The number of hydrogen-bond donors (Lipinski definition) is 1. The Morgan fingerprint density at radius 2 is 2.00 bits per heavy atom. The fraction of sp³-hybridized carbons (Fsp3) is 1.00. The summed E-state index contributed by atoms with van der Waals surface area (Å²) in [6.07, 6.45) is 6.66. The average Bonchev–Trinajstić information content (AvgIpc) is 2.38. The Bertz CT molecular complexity index is 192. The summed E-state index contributed by atoms with van der Waals surface area (Å²) in [4.78, 5) is 2.76. The Kier molecular flexibility index (Phi) is 5.07. The first-order valence-corrected chi connectivity index (χ1v) is 6.96. The smallest absolute Gasteiger partial charge is 0.0480 e. The maximum absolute atomic E-state index is 5.46. The van der Waals surface area contributed by atoms with Crippen LogP contribution in [0, 0.1) is 0 Å². The Hall–Kier alpha value is -0.120. The highest BCUT2D eigenvalue weighted by Gasteiger charge is 2.29. The van der Waals surface area contributed by atoms with Gasteiger partial charge in [0.1, 0.15) is 0 Å². The van der Waals surface area contributed by atoms with Crippen molar-refractivity contribution in [2.75, 3.05) is 32.8 Å². The van der Waals surface area contributed by atoms with Gasteiger partial charge in [-0.15, -0.1) is 0 Å². The molecule has 16 heavy (non-hydrogen) atoms. The standard InChI is InChI=1S/C13H26N2O/c1-2-14-11-13-5-3-4-8-15(13)12-6-9-16-10-7-12/h12-14H,2-11H2,1H3. The first-order chi connectivity index (χ1) is 7.92. The molecule has 2 aliphatic rings. The third-order valence-corrected chi connectivity index (χ3v) is 3.96. The van der Waals surface area contributed by atoms with Gasteiger partial charge in [0, 0.05) is 31.8 Å². The Morgan fingerprint density at radius 1 is 1.19 bits per heavy atom. The summed E-state index contributed by atoms with van der Waals surface area (Å²) in [6.45, 7) is 7.71. The highest BCUT2D eigenvalue weighted by Crippen LogP contribution is 2.24. The molecule has 2 aliphatic heterocycles. The zero-order valence-electron chi connectivity index (χ0n) is 10.6. The molecule has 0 radical (unpaired) electrons. The van der Waals surface area contributed by atoms with Gasteiger partial charge >= 0.3 is 0 Å². The molecule has 2 saturated heterocycles. The molecule has 2 heterocycles. The van der Waals surface area contributed by atoms with E-state index in [1.165, 1.54) is 45.2 Å². The van der Waals surface area contributed by atoms with Gasteiger partial charge in [-0.3, -0.25) is 4.90 Å². The van der Waals surface area contributed by atoms with Crippen molar-refractivity contribution < 1.29 is 4.74 Å². The van der Waals surface area contributed by atoms with E-state index in [1.807, 2.05) is 0 Å². The van der Waals surface area contributed by atoms with E-state index in [4.69, 9.17) is 4.74 Å². The van der Waals surface area contributed by atoms with Crippen molar-refractivity contribution >= 4 is 0 Å². The number of piperidine rings is 1. The minimum atomic E-state index is 0.775. The summed E-state index contributed by atoms with van der Waals surface area (Å²) in [5.41, 5.74) is 0. The van der Waals surface area contributed by atoms with E-state index in [9.17, 15) is 0 Å². The van der Waals surface area contributed by atoms with Crippen molar-refractivity contribution in [3.05, 3.63) is 0 Å². The van der Waals surface area contributed by atoms with Gasteiger partial charge in [0.15, 0.2) is 0 Å². The van der Waals surface area contributed by atoms with Crippen molar-refractivity contribution in [1.82, 2.24) is 10.2 Å². The van der Waals surface area contributed by atoms with Gasteiger partial charge in [-0.2, -0.15) is 0 Å². The minimum absolute atomic E-state index is 0.775. The highest BCUT2D eigenvalue weighted by molar-refractivity contribution is 4.85. The van der Waals surface area contributed by atoms with E-state index in [0.717, 1.165) is 31.8 Å². The van der Waals surface area contributed by atoms with Crippen molar-refractivity contribution in [2.24, 2.45) is 0 Å². The van der Waals surface area contributed by atoms with E-state index >= 15 is 0 Å². The molecule has 0 spiro atoms. The molecular formula is C13H26N2O. The molecule has 94 valence electrons. The number of nitrogens with zero attached hydrogens (tertiary/aromatic N) is 1. The maximum atomic E-state index is 5.46. The van der Waals surface area contributed by atoms with E-state index in [0.29, 0.717) is 0 Å². The highest BCUT2D eigenvalue weighted by atomic mass is 16.5. The Labute approximate surface area is 99.5 Å². The molecule has 0 aromatic carbocycles. The predicted octanol–water partition coefficient (Wildman–Crippen LogP) is 1.63. The summed E-state index contributed by atoms with van der Waals surface area (Å²) >= 11 is 0. The number of nitrogens with one attached hydrogen (secondary N) is 1. The molecule has 1 N–H and O–H groups in total. The lowest BCUT2D eigenvalue weighted by Gasteiger charge is -2.42. The topological polar surface area (TPSA) is 24.5 Å². The van der Waals surface area contributed by atoms with E-state index in [1.54, 1.807) is 0 Å². The normalized spacial score (nSPS) is 29.4. The summed E-state index contributed by atoms with van der Waals surface area (Å²) in [5, 5.41) is 3.51. The Balaban J connectivity index is 1.86. The summed E-state index contributed by atoms with van der Waals surface area (Å²) in [6, 6.07) is 1.56. The van der Waals surface area contributed by atoms with Gasteiger partial charge in [-0.1, -0.05) is 13.3 Å². The molecule has 1 atom stereocenters. The summed E-state index contributed by atoms with van der Waals surface area (Å²) in [5.74, 6) is 0. The second-order valence-electron chi connectivity index (χ2n) is 5.04. The number of hydrogen-bond acceptors (Lipinski definition) is 3. The zero-order valence-corrected chi connectivity index (χ0v) is 10.6. The molecule has 0 aromatic heterocycles. The lowest BCUT2D eigenvalue weighted by atomic mass is 9.96. The van der Waals surface area contributed by atoms with Crippen LogP contribution in [0.3, 0.4) is 0 Å². The molecule has 0 saturated carbocycles. The average molecular weight is 226 g/mol. The predicted molar refractivity (Wildman–Crippen MR) is 66.7 cm³/mol. The van der Waals surface area contributed by atoms with E-state index < -0.39 is 0 Å². The van der Waals surface area contributed by atoms with Crippen molar-refractivity contribution in [2.45, 2.75) is 51.1 Å². The van der Waals surface area contributed by atoms with Crippen LogP contribution in [0.5, 0.6) is 0 Å². The van der Waals surface area contributed by atoms with Crippen LogP contribution in [0.25, 0.3) is 0 Å². The van der Waals surface area contributed by atoms with Gasteiger partial charge in [-0.05, 0) is 38.8 Å². The zero-order chi connectivity index (χ0) is 11.2. The van der Waals surface area contributed by atoms with Crippen LogP contribution in [0.1, 0.15) is 39.0 Å². The summed E-state index contributed by atoms with van der Waals surface area (Å²) in [7, 11) is 0. The first kappa shape index (κ1) is 12.3. The molecule has 0 aliphatic carbocycles. The molecule has 0 aromatic rings. The molecule has 3 nitrogen and oxygen atoms in total. The molecule has 2 rings (SSSR count). The third kappa shape index (κ3) is 3.19. The SMILES string of the molecule is CCNCC1CCCCN1C1CCOCC1. The number of rotatable bonds is 4. The van der Waals surface area contributed by atoms with Crippen LogP contribution < -0.4 is 5.32 Å². The second-order valence-corrected chi connectivity index (χ2v) is 5.04. The van der Waals surface area contributed by atoms with Gasteiger partial charge < -0.3 is 10.1 Å². The van der Waals surface area contributed by atoms with Crippen LogP contribution in [0.15, 0.2) is 0 Å². The van der Waals surface area contributed by atoms with Crippen LogP contribution in [-0.2, 0) is 4.74 Å². The van der Waals surface area contributed by atoms with E-state index in [2.05, 4.69) is 17.1 Å². The monoisotopic (exact) mass is 226 g/mol. The Morgan fingerprint density at radius 3 is 2.75 bits per heavy atom. The largest absolute Gasteiger partial charge is 0.381 e. The van der Waals surface area contributed by atoms with Gasteiger partial charge in [0.2, 0.25) is 0 Å². The quantitative estimate of drug-likeness (QED) is 0.788. The first-order valence-electron chi connectivity index (χ1n) is 6.96. The molecular weight excluding hydrogens is 200 g/mol. The second kappa shape index (κ2) is 6.58. The fourth-order valence-corrected chi connectivity index (χ4v) is 3.05. The molecule has 0 amide bonds. The van der Waals surface area contributed by atoms with Crippen LogP contribution in [0.4, 0.5) is 0 Å². The van der Waals surface area contributed by atoms with Gasteiger partial charge in [0.25, 0.3) is 0 Å². The third-order valence-electron chi connectivity index (χ3n) is 3.96.